The number of cyclic esters (lactones) is 1. The summed E-state index contributed by atoms with van der Waals surface area (Å²) < 4.78 is 17.4. The molecule has 4 heteroatoms. The number of esters is 1. The summed E-state index contributed by atoms with van der Waals surface area (Å²) in [7, 11) is 0. The van der Waals surface area contributed by atoms with Gasteiger partial charge in [-0.2, -0.15) is 0 Å². The molecule has 68 valence electrons. The highest BCUT2D eigenvalue weighted by Gasteiger charge is 2.42. The molecule has 0 aliphatic carbocycles. The molecule has 3 nitrogen and oxygen atoms in total. The second kappa shape index (κ2) is 3.21. The van der Waals surface area contributed by atoms with Gasteiger partial charge in [0.15, 0.2) is 5.78 Å². The van der Waals surface area contributed by atoms with Crippen LogP contribution in [0.5, 0.6) is 0 Å². The molecule has 1 aliphatic heterocycles. The summed E-state index contributed by atoms with van der Waals surface area (Å²) in [5.41, 5.74) is 0. The minimum Gasteiger partial charge on any atom is -0.459 e. The predicted molar refractivity (Wildman–Crippen MR) is 39.2 cm³/mol. The lowest BCUT2D eigenvalue weighted by Crippen LogP contribution is -2.45. The monoisotopic (exact) mass is 174 g/mol. The Morgan fingerprint density at radius 1 is 1.50 bits per heavy atom. The van der Waals surface area contributed by atoms with Crippen molar-refractivity contribution in [2.24, 2.45) is 5.92 Å². The van der Waals surface area contributed by atoms with E-state index in [1.807, 2.05) is 0 Å². The fourth-order valence-electron chi connectivity index (χ4n) is 1.28. The summed E-state index contributed by atoms with van der Waals surface area (Å²) in [5, 5.41) is 0. The fourth-order valence-corrected chi connectivity index (χ4v) is 1.28. The molecule has 3 atom stereocenters. The second-order valence-corrected chi connectivity index (χ2v) is 2.94. The van der Waals surface area contributed by atoms with Gasteiger partial charge in [-0.1, -0.05) is 13.8 Å². The minimum absolute atomic E-state index is 0.447. The highest BCUT2D eigenvalue weighted by Crippen LogP contribution is 2.22. The normalized spacial score (nSPS) is 36.4. The summed E-state index contributed by atoms with van der Waals surface area (Å²) in [4.78, 5) is 21.7. The number of ketones is 1. The van der Waals surface area contributed by atoms with Crippen molar-refractivity contribution in [2.75, 3.05) is 0 Å². The number of Topliss-reactive ketones (excluding diaryl/α,β-unsaturated/α-hetero) is 1. The van der Waals surface area contributed by atoms with E-state index in [1.165, 1.54) is 0 Å². The van der Waals surface area contributed by atoms with Crippen LogP contribution in [0.2, 0.25) is 0 Å². The van der Waals surface area contributed by atoms with Gasteiger partial charge in [0.25, 0.3) is 6.17 Å². The first-order valence-electron chi connectivity index (χ1n) is 3.96. The van der Waals surface area contributed by atoms with Crippen molar-refractivity contribution in [3.05, 3.63) is 0 Å². The van der Waals surface area contributed by atoms with Crippen LogP contribution in [0.1, 0.15) is 20.3 Å². The average molecular weight is 174 g/mol. The summed E-state index contributed by atoms with van der Waals surface area (Å²) in [6, 6.07) is 0. The third kappa shape index (κ3) is 1.33. The third-order valence-electron chi connectivity index (χ3n) is 2.13. The highest BCUT2D eigenvalue weighted by atomic mass is 19.1. The van der Waals surface area contributed by atoms with Crippen LogP contribution in [0, 0.1) is 5.92 Å². The molecule has 1 saturated heterocycles. The van der Waals surface area contributed by atoms with Gasteiger partial charge in [-0.3, -0.25) is 4.79 Å². The Kier molecular flexibility index (Phi) is 2.45. The van der Waals surface area contributed by atoms with Crippen LogP contribution < -0.4 is 0 Å². The van der Waals surface area contributed by atoms with Gasteiger partial charge in [-0.25, -0.2) is 9.18 Å². The van der Waals surface area contributed by atoms with Crippen LogP contribution in [0.15, 0.2) is 0 Å². The maximum Gasteiger partial charge on any atom is 0.348 e. The first-order valence-corrected chi connectivity index (χ1v) is 3.96. The third-order valence-corrected chi connectivity index (χ3v) is 2.13. The Hall–Kier alpha value is -0.930. The van der Waals surface area contributed by atoms with Gasteiger partial charge in [0.1, 0.15) is 6.10 Å². The number of alkyl halides is 1. The van der Waals surface area contributed by atoms with Crippen molar-refractivity contribution in [3.8, 4) is 0 Å². The first kappa shape index (κ1) is 9.16. The number of ether oxygens (including phenoxy) is 1. The Balaban J connectivity index is 2.77. The molecule has 12 heavy (non-hydrogen) atoms. The molecule has 1 unspecified atom stereocenters. The van der Waals surface area contributed by atoms with Crippen molar-refractivity contribution in [2.45, 2.75) is 32.5 Å². The molecule has 0 bridgehead atoms. The quantitative estimate of drug-likeness (QED) is 0.437. The lowest BCUT2D eigenvalue weighted by molar-refractivity contribution is -0.171. The molecular weight excluding hydrogens is 163 g/mol. The van der Waals surface area contributed by atoms with Crippen LogP contribution >= 0.6 is 0 Å². The van der Waals surface area contributed by atoms with Gasteiger partial charge in [-0.15, -0.1) is 0 Å². The largest absolute Gasteiger partial charge is 0.459 e. The molecule has 0 aromatic carbocycles. The SMILES string of the molecule is CC[C@H]1OC(=O)C(F)C(=O)[C@H]1C. The van der Waals surface area contributed by atoms with Crippen LogP contribution in [-0.4, -0.2) is 24.0 Å². The zero-order chi connectivity index (χ0) is 9.30. The molecule has 1 aliphatic rings. The lowest BCUT2D eigenvalue weighted by Gasteiger charge is -2.28. The molecule has 0 amide bonds. The van der Waals surface area contributed by atoms with E-state index in [1.54, 1.807) is 13.8 Å². The van der Waals surface area contributed by atoms with Crippen molar-refractivity contribution in [1.29, 1.82) is 0 Å². The standard InChI is InChI=1S/C8H11FO3/c1-3-5-4(2)7(10)6(9)8(11)12-5/h4-6H,3H2,1-2H3/t4-,5+,6?/m0/s1. The van der Waals surface area contributed by atoms with Gasteiger partial charge in [0, 0.05) is 0 Å². The molecule has 0 radical (unpaired) electrons. The van der Waals surface area contributed by atoms with Gasteiger partial charge in [0.05, 0.1) is 5.92 Å². The predicted octanol–water partition coefficient (Wildman–Crippen LogP) is 0.865. The Morgan fingerprint density at radius 2 is 2.08 bits per heavy atom. The zero-order valence-corrected chi connectivity index (χ0v) is 7.04. The van der Waals surface area contributed by atoms with E-state index in [9.17, 15) is 14.0 Å². The number of hydrogen-bond acceptors (Lipinski definition) is 3. The van der Waals surface area contributed by atoms with E-state index in [0.717, 1.165) is 0 Å². The number of rotatable bonds is 1. The van der Waals surface area contributed by atoms with Gasteiger partial charge >= 0.3 is 5.97 Å². The van der Waals surface area contributed by atoms with Gasteiger partial charge < -0.3 is 4.74 Å². The van der Waals surface area contributed by atoms with Gasteiger partial charge in [-0.05, 0) is 6.42 Å². The molecule has 0 aromatic rings. The van der Waals surface area contributed by atoms with E-state index < -0.39 is 29.9 Å². The Bertz CT molecular complexity index is 214. The molecule has 0 saturated carbocycles. The van der Waals surface area contributed by atoms with Crippen molar-refractivity contribution >= 4 is 11.8 Å². The lowest BCUT2D eigenvalue weighted by atomic mass is 9.92. The summed E-state index contributed by atoms with van der Waals surface area (Å²) >= 11 is 0. The van der Waals surface area contributed by atoms with Crippen molar-refractivity contribution < 1.29 is 18.7 Å². The molecule has 1 rings (SSSR count). The molecular formula is C8H11FO3. The maximum atomic E-state index is 12.7. The summed E-state index contributed by atoms with van der Waals surface area (Å²) in [6.07, 6.45) is -1.97. The number of halogens is 1. The smallest absolute Gasteiger partial charge is 0.348 e. The highest BCUT2D eigenvalue weighted by molar-refractivity contribution is 6.04. The summed E-state index contributed by atoms with van der Waals surface area (Å²) in [5.74, 6) is -2.20. The zero-order valence-electron chi connectivity index (χ0n) is 7.04. The van der Waals surface area contributed by atoms with Crippen LogP contribution in [0.4, 0.5) is 4.39 Å². The van der Waals surface area contributed by atoms with Crippen LogP contribution in [-0.2, 0) is 14.3 Å². The Morgan fingerprint density at radius 3 is 2.58 bits per heavy atom. The number of carbonyl (C=O) groups excluding carboxylic acids is 2. The van der Waals surface area contributed by atoms with Gasteiger partial charge in [0.2, 0.25) is 0 Å². The van der Waals surface area contributed by atoms with Crippen molar-refractivity contribution in [3.63, 3.8) is 0 Å². The van der Waals surface area contributed by atoms with E-state index in [0.29, 0.717) is 6.42 Å². The number of hydrogen-bond donors (Lipinski definition) is 0. The fraction of sp³-hybridized carbons (Fsp3) is 0.750. The average Bonchev–Trinajstić information content (AvgIpc) is 2.08. The van der Waals surface area contributed by atoms with Crippen molar-refractivity contribution in [1.82, 2.24) is 0 Å². The molecule has 0 aromatic heterocycles. The first-order chi connectivity index (χ1) is 5.57. The van der Waals surface area contributed by atoms with Crippen LogP contribution in [0.3, 0.4) is 0 Å². The maximum absolute atomic E-state index is 12.7. The molecule has 1 fully saturated rings. The molecule has 0 spiro atoms. The molecule has 1 heterocycles. The summed E-state index contributed by atoms with van der Waals surface area (Å²) in [6.45, 7) is 3.37. The second-order valence-electron chi connectivity index (χ2n) is 2.94. The van der Waals surface area contributed by atoms with E-state index in [4.69, 9.17) is 4.74 Å². The van der Waals surface area contributed by atoms with E-state index >= 15 is 0 Å². The van der Waals surface area contributed by atoms with E-state index in [-0.39, 0.29) is 0 Å². The molecule has 0 N–H and O–H groups in total. The minimum atomic E-state index is -2.07. The van der Waals surface area contributed by atoms with E-state index in [2.05, 4.69) is 0 Å². The number of carbonyl (C=O) groups is 2. The Labute approximate surface area is 69.9 Å². The topological polar surface area (TPSA) is 43.4 Å². The van der Waals surface area contributed by atoms with Crippen LogP contribution in [0.25, 0.3) is 0 Å².